The van der Waals surface area contributed by atoms with Gasteiger partial charge in [0.2, 0.25) is 0 Å². The van der Waals surface area contributed by atoms with E-state index < -0.39 is 10.8 Å². The van der Waals surface area contributed by atoms with E-state index in [0.717, 1.165) is 145 Å². The fourth-order valence-electron chi connectivity index (χ4n) is 21.4. The van der Waals surface area contributed by atoms with Crippen molar-refractivity contribution in [2.45, 2.75) is 10.8 Å². The van der Waals surface area contributed by atoms with Gasteiger partial charge >= 0.3 is 0 Å². The maximum atomic E-state index is 5.64. The molecule has 19 aromatic carbocycles. The zero-order valence-electron chi connectivity index (χ0n) is 69.7. The van der Waals surface area contributed by atoms with E-state index in [9.17, 15) is 0 Å². The molecule has 2 aliphatic heterocycles. The number of aromatic nitrogens is 4. The summed E-state index contributed by atoms with van der Waals surface area (Å²) in [7, 11) is 0. The number of nitrogens with zero attached hydrogens (tertiary/aromatic N) is 6. The largest absolute Gasteiger partial charge is 0.310 e. The lowest BCUT2D eigenvalue weighted by atomic mass is 9.64. The fourth-order valence-corrected chi connectivity index (χ4v) is 21.4. The predicted octanol–water partition coefficient (Wildman–Crippen LogP) is 31.0. The summed E-state index contributed by atoms with van der Waals surface area (Å²) in [5.41, 5.74) is 41.1. The van der Waals surface area contributed by atoms with Crippen molar-refractivity contribution in [1.82, 2.24) is 19.9 Å². The summed E-state index contributed by atoms with van der Waals surface area (Å²) in [6, 6.07) is 173. The molecular formula is C122H78N6. The van der Waals surface area contributed by atoms with Crippen LogP contribution in [0.1, 0.15) is 44.5 Å². The Hall–Kier alpha value is -16.8. The number of para-hydroxylation sites is 6. The van der Waals surface area contributed by atoms with Crippen LogP contribution in [0.2, 0.25) is 0 Å². The van der Waals surface area contributed by atoms with Crippen molar-refractivity contribution in [3.63, 3.8) is 0 Å². The average Bonchev–Trinajstić information content (AvgIpc) is 1.59. The van der Waals surface area contributed by atoms with Gasteiger partial charge in [-0.2, -0.15) is 0 Å². The molecule has 6 heteroatoms. The topological polar surface area (TPSA) is 58.0 Å². The van der Waals surface area contributed by atoms with Crippen LogP contribution in [-0.2, 0) is 10.8 Å². The molecule has 596 valence electrons. The zero-order chi connectivity index (χ0) is 84.4. The molecule has 0 unspecified atom stereocenters. The Bertz CT molecular complexity index is 7910. The third-order valence-corrected chi connectivity index (χ3v) is 26.9. The van der Waals surface area contributed by atoms with E-state index >= 15 is 0 Å². The number of hydrogen-bond acceptors (Lipinski definition) is 6. The first kappa shape index (κ1) is 73.9. The van der Waals surface area contributed by atoms with Crippen LogP contribution >= 0.6 is 0 Å². The van der Waals surface area contributed by atoms with Crippen LogP contribution in [-0.4, -0.2) is 19.9 Å². The van der Waals surface area contributed by atoms with Gasteiger partial charge in [-0.1, -0.05) is 400 Å². The quantitative estimate of drug-likeness (QED) is 0.115. The third-order valence-electron chi connectivity index (χ3n) is 26.9. The Morgan fingerprint density at radius 2 is 0.477 bits per heavy atom. The summed E-state index contributed by atoms with van der Waals surface area (Å²) in [4.78, 5) is 27.1. The van der Waals surface area contributed by atoms with Crippen LogP contribution in [0.5, 0.6) is 0 Å². The Morgan fingerprint density at radius 1 is 0.164 bits per heavy atom. The van der Waals surface area contributed by atoms with Gasteiger partial charge in [-0.05, 0) is 200 Å². The zero-order valence-corrected chi connectivity index (χ0v) is 69.7. The maximum Gasteiger partial charge on any atom is 0.161 e. The van der Waals surface area contributed by atoms with Crippen LogP contribution in [0, 0.1) is 0 Å². The monoisotopic (exact) mass is 1630 g/mol. The Balaban J connectivity index is 0.565. The van der Waals surface area contributed by atoms with Gasteiger partial charge < -0.3 is 9.80 Å². The van der Waals surface area contributed by atoms with Gasteiger partial charge in [-0.25, -0.2) is 19.9 Å². The molecule has 0 radical (unpaired) electrons. The lowest BCUT2D eigenvalue weighted by Crippen LogP contribution is -2.36. The molecule has 6 nitrogen and oxygen atoms in total. The van der Waals surface area contributed by atoms with E-state index in [1.165, 1.54) is 78.1 Å². The number of hydrogen-bond donors (Lipinski definition) is 0. The minimum Gasteiger partial charge on any atom is -0.310 e. The fraction of sp³-hybridized carbons (Fsp3) is 0.0164. The van der Waals surface area contributed by atoms with Crippen LogP contribution in [0.3, 0.4) is 0 Å². The molecule has 0 fully saturated rings. The maximum absolute atomic E-state index is 5.64. The normalized spacial score (nSPS) is 13.1. The van der Waals surface area contributed by atoms with Gasteiger partial charge in [0.1, 0.15) is 0 Å². The van der Waals surface area contributed by atoms with E-state index in [2.05, 4.69) is 483 Å². The highest BCUT2D eigenvalue weighted by Crippen LogP contribution is 2.67. The molecule has 2 aliphatic carbocycles. The standard InChI is InChI=1S/C122H78N6/c1-5-32-79(33-6-1)80-66-70-83(71-67-80)111-77-112(124-119(123-111)90-41-27-38-87(76-90)94-50-30-61-108-117(94)101-48-15-18-57-104(101)122(108)105-58-19-22-63-114(105)127(91-42-9-3-10-43-91)115-64-23-20-59-106(115)122)84-72-68-81(69-73-84)85-36-25-37-86(74-85)93-49-28-53-97-96(93)52-29-54-100(97)120-125-110(82-34-7-2-8-35-82)78-113(126-120)89-40-26-39-88(75-89)95-51-31-62-109-118(95)128(92-44-11-4-12-45-92)116-65-24-21-60-107(116)121(109)102-55-16-13-46-98(102)99-47-14-17-56-103(99)121/h1-78H. The molecule has 128 heavy (non-hydrogen) atoms. The minimum absolute atomic E-state index is 0.591. The van der Waals surface area contributed by atoms with E-state index in [4.69, 9.17) is 19.9 Å². The average molecular weight is 1630 g/mol. The summed E-state index contributed by atoms with van der Waals surface area (Å²) >= 11 is 0. The van der Waals surface area contributed by atoms with Crippen molar-refractivity contribution in [3.05, 3.63) is 518 Å². The van der Waals surface area contributed by atoms with Gasteiger partial charge in [0, 0.05) is 50.3 Å². The number of anilines is 6. The van der Waals surface area contributed by atoms with E-state index in [1.54, 1.807) is 0 Å². The van der Waals surface area contributed by atoms with Crippen molar-refractivity contribution < 1.29 is 0 Å². The van der Waals surface area contributed by atoms with E-state index in [0.29, 0.717) is 11.6 Å². The summed E-state index contributed by atoms with van der Waals surface area (Å²) in [6.45, 7) is 0. The summed E-state index contributed by atoms with van der Waals surface area (Å²) in [5.74, 6) is 1.29. The van der Waals surface area contributed by atoms with E-state index in [1.807, 2.05) is 0 Å². The van der Waals surface area contributed by atoms with Crippen LogP contribution in [0.15, 0.2) is 473 Å². The molecule has 0 amide bonds. The first-order valence-corrected chi connectivity index (χ1v) is 44.0. The summed E-state index contributed by atoms with van der Waals surface area (Å²) in [5, 5.41) is 2.16. The molecule has 0 saturated heterocycles. The van der Waals surface area contributed by atoms with Gasteiger partial charge in [0.15, 0.2) is 11.6 Å². The second-order valence-corrected chi connectivity index (χ2v) is 33.7. The molecule has 2 spiro atoms. The molecular weight excluding hydrogens is 1550 g/mol. The summed E-state index contributed by atoms with van der Waals surface area (Å²) < 4.78 is 0. The summed E-state index contributed by atoms with van der Waals surface area (Å²) in [6.07, 6.45) is 0. The van der Waals surface area contributed by atoms with Crippen molar-refractivity contribution >= 4 is 44.9 Å². The van der Waals surface area contributed by atoms with E-state index in [-0.39, 0.29) is 0 Å². The molecule has 0 atom stereocenters. The third kappa shape index (κ3) is 11.7. The SMILES string of the molecule is c1ccc(-c2ccc(-c3cc(-c4ccc(-c5cccc(-c6cccc7c(-c8nc(-c9ccccc9)cc(-c9cccc(-c%10cccc%11c%10N(c%10ccccc%10)c%10ccccc%10C%11%10c%11ccccc%11-c%11ccccc%11%10)c9)n8)cccc67)c5)cc4)nc(-c4cccc(-c5cccc6c5-c5ccccc5C65c6ccccc6N(c6ccccc6)c6ccccc65)c4)n3)cc2)cc1. The first-order chi connectivity index (χ1) is 63.5. The molecule has 0 saturated carbocycles. The minimum atomic E-state index is -0.600. The van der Waals surface area contributed by atoms with Crippen molar-refractivity contribution in [3.8, 4) is 146 Å². The van der Waals surface area contributed by atoms with Gasteiger partial charge in [0.05, 0.1) is 56.4 Å². The number of benzene rings is 19. The highest BCUT2D eigenvalue weighted by Gasteiger charge is 2.54. The molecule has 2 aromatic heterocycles. The molecule has 4 aliphatic rings. The molecule has 0 N–H and O–H groups in total. The Kier molecular flexibility index (Phi) is 17.3. The molecule has 25 rings (SSSR count). The van der Waals surface area contributed by atoms with Gasteiger partial charge in [-0.15, -0.1) is 0 Å². The van der Waals surface area contributed by atoms with Crippen LogP contribution < -0.4 is 9.80 Å². The van der Waals surface area contributed by atoms with Crippen LogP contribution in [0.4, 0.5) is 34.1 Å². The Morgan fingerprint density at radius 3 is 1.05 bits per heavy atom. The second-order valence-electron chi connectivity index (χ2n) is 33.7. The highest BCUT2D eigenvalue weighted by molar-refractivity contribution is 6.06. The smallest absolute Gasteiger partial charge is 0.161 e. The van der Waals surface area contributed by atoms with Crippen molar-refractivity contribution in [2.24, 2.45) is 0 Å². The number of fused-ring (bicyclic) bond motifs is 19. The predicted molar refractivity (Wildman–Crippen MR) is 526 cm³/mol. The highest BCUT2D eigenvalue weighted by atomic mass is 15.2. The molecule has 21 aromatic rings. The molecule has 0 bridgehead atoms. The second kappa shape index (κ2) is 30.0. The van der Waals surface area contributed by atoms with Crippen molar-refractivity contribution in [2.75, 3.05) is 9.80 Å². The van der Waals surface area contributed by atoms with Crippen LogP contribution in [0.25, 0.3) is 156 Å². The Labute approximate surface area is 743 Å². The lowest BCUT2D eigenvalue weighted by Gasteiger charge is -2.46. The van der Waals surface area contributed by atoms with Crippen molar-refractivity contribution in [1.29, 1.82) is 0 Å². The van der Waals surface area contributed by atoms with Gasteiger partial charge in [0.25, 0.3) is 0 Å². The number of rotatable bonds is 13. The van der Waals surface area contributed by atoms with Gasteiger partial charge in [-0.3, -0.25) is 0 Å². The lowest BCUT2D eigenvalue weighted by molar-refractivity contribution is 0.753. The first-order valence-electron chi connectivity index (χ1n) is 44.0. The molecule has 4 heterocycles.